The normalized spacial score (nSPS) is 28.9. The average Bonchev–Trinajstić information content (AvgIpc) is 2.74. The van der Waals surface area contributed by atoms with Crippen LogP contribution in [0.2, 0.25) is 0 Å². The van der Waals surface area contributed by atoms with Crippen molar-refractivity contribution < 1.29 is 9.90 Å². The lowest BCUT2D eigenvalue weighted by Gasteiger charge is -2.40. The number of carboxylic acid groups (broad SMARTS) is 1. The standard InChI is InChI=1S/C14H28N2O2/c1-6-13(3,4)16(5)11-8-9-14(10-11,12(17)18)15-7-2/h11,15H,6-10H2,1-5H3,(H,17,18). The van der Waals surface area contributed by atoms with Crippen LogP contribution in [0.5, 0.6) is 0 Å². The predicted molar refractivity (Wildman–Crippen MR) is 73.8 cm³/mol. The van der Waals surface area contributed by atoms with E-state index in [4.69, 9.17) is 0 Å². The van der Waals surface area contributed by atoms with Gasteiger partial charge in [-0.3, -0.25) is 9.69 Å². The number of carbonyl (C=O) groups is 1. The Bertz CT molecular complexity index is 304. The first kappa shape index (κ1) is 15.4. The quantitative estimate of drug-likeness (QED) is 0.764. The number of hydrogen-bond acceptors (Lipinski definition) is 3. The van der Waals surface area contributed by atoms with E-state index >= 15 is 0 Å². The van der Waals surface area contributed by atoms with E-state index in [0.717, 1.165) is 19.3 Å². The molecule has 4 nitrogen and oxygen atoms in total. The van der Waals surface area contributed by atoms with Crippen LogP contribution in [0.4, 0.5) is 0 Å². The van der Waals surface area contributed by atoms with Crippen LogP contribution in [-0.2, 0) is 4.79 Å². The van der Waals surface area contributed by atoms with Gasteiger partial charge in [-0.15, -0.1) is 0 Å². The van der Waals surface area contributed by atoms with Crippen LogP contribution < -0.4 is 5.32 Å². The number of carboxylic acids is 1. The predicted octanol–water partition coefficient (Wildman–Crippen LogP) is 2.09. The Kier molecular flexibility index (Phi) is 4.78. The molecule has 4 heteroatoms. The van der Waals surface area contributed by atoms with Crippen molar-refractivity contribution >= 4 is 5.97 Å². The minimum Gasteiger partial charge on any atom is -0.480 e. The van der Waals surface area contributed by atoms with Gasteiger partial charge in [0.2, 0.25) is 0 Å². The van der Waals surface area contributed by atoms with E-state index in [9.17, 15) is 9.90 Å². The van der Waals surface area contributed by atoms with Crippen molar-refractivity contribution in [1.29, 1.82) is 0 Å². The Hall–Kier alpha value is -0.610. The Morgan fingerprint density at radius 2 is 2.11 bits per heavy atom. The van der Waals surface area contributed by atoms with Gasteiger partial charge in [-0.1, -0.05) is 13.8 Å². The molecule has 0 aromatic heterocycles. The van der Waals surface area contributed by atoms with Gasteiger partial charge in [0.05, 0.1) is 0 Å². The zero-order chi connectivity index (χ0) is 14.0. The van der Waals surface area contributed by atoms with Crippen LogP contribution in [0.15, 0.2) is 0 Å². The molecule has 0 aromatic rings. The molecule has 2 atom stereocenters. The van der Waals surface area contributed by atoms with Gasteiger partial charge in [-0.05, 0) is 53.1 Å². The summed E-state index contributed by atoms with van der Waals surface area (Å²) in [6.45, 7) is 9.31. The second-order valence-corrected chi connectivity index (χ2v) is 6.09. The van der Waals surface area contributed by atoms with Gasteiger partial charge < -0.3 is 10.4 Å². The fourth-order valence-corrected chi connectivity index (χ4v) is 2.86. The number of nitrogens with one attached hydrogen (secondary N) is 1. The third kappa shape index (κ3) is 2.86. The molecule has 0 heterocycles. The molecule has 0 radical (unpaired) electrons. The molecule has 1 aliphatic rings. The summed E-state index contributed by atoms with van der Waals surface area (Å²) in [7, 11) is 2.12. The monoisotopic (exact) mass is 256 g/mol. The Labute approximate surface area is 111 Å². The van der Waals surface area contributed by atoms with Crippen LogP contribution in [0.1, 0.15) is 53.4 Å². The fourth-order valence-electron chi connectivity index (χ4n) is 2.86. The average molecular weight is 256 g/mol. The Morgan fingerprint density at radius 3 is 2.56 bits per heavy atom. The Morgan fingerprint density at radius 1 is 1.50 bits per heavy atom. The smallest absolute Gasteiger partial charge is 0.323 e. The number of nitrogens with zero attached hydrogens (tertiary/aromatic N) is 1. The molecule has 18 heavy (non-hydrogen) atoms. The lowest BCUT2D eigenvalue weighted by atomic mass is 9.94. The van der Waals surface area contributed by atoms with Crippen LogP contribution >= 0.6 is 0 Å². The summed E-state index contributed by atoms with van der Waals surface area (Å²) in [5.74, 6) is -0.699. The SMILES string of the molecule is CCNC1(C(=O)O)CCC(N(C)C(C)(C)CC)C1. The van der Waals surface area contributed by atoms with Crippen molar-refractivity contribution in [3.05, 3.63) is 0 Å². The molecule has 1 rings (SSSR count). The third-order valence-electron chi connectivity index (χ3n) is 4.78. The van der Waals surface area contributed by atoms with Crippen molar-refractivity contribution in [1.82, 2.24) is 10.2 Å². The first-order valence-electron chi connectivity index (χ1n) is 7.00. The minimum atomic E-state index is -0.711. The molecule has 2 unspecified atom stereocenters. The number of hydrogen-bond donors (Lipinski definition) is 2. The van der Waals surface area contributed by atoms with Gasteiger partial charge in [0.15, 0.2) is 0 Å². The molecule has 0 saturated heterocycles. The van der Waals surface area contributed by atoms with Gasteiger partial charge in [-0.25, -0.2) is 0 Å². The highest BCUT2D eigenvalue weighted by molar-refractivity contribution is 5.79. The van der Waals surface area contributed by atoms with E-state index in [1.807, 2.05) is 6.92 Å². The van der Waals surface area contributed by atoms with Crippen LogP contribution in [0, 0.1) is 0 Å². The Balaban J connectivity index is 2.78. The van der Waals surface area contributed by atoms with E-state index < -0.39 is 11.5 Å². The number of aliphatic carboxylic acids is 1. The van der Waals surface area contributed by atoms with Crippen molar-refractivity contribution in [2.24, 2.45) is 0 Å². The topological polar surface area (TPSA) is 52.6 Å². The third-order valence-corrected chi connectivity index (χ3v) is 4.78. The number of rotatable bonds is 6. The van der Waals surface area contributed by atoms with Crippen molar-refractivity contribution in [3.63, 3.8) is 0 Å². The van der Waals surface area contributed by atoms with E-state index in [0.29, 0.717) is 19.0 Å². The van der Waals surface area contributed by atoms with Crippen molar-refractivity contribution in [2.45, 2.75) is 70.5 Å². The maximum atomic E-state index is 11.5. The summed E-state index contributed by atoms with van der Waals surface area (Å²) >= 11 is 0. The molecule has 2 N–H and O–H groups in total. The van der Waals surface area contributed by atoms with Crippen molar-refractivity contribution in [2.75, 3.05) is 13.6 Å². The molecule has 0 bridgehead atoms. The largest absolute Gasteiger partial charge is 0.480 e. The maximum Gasteiger partial charge on any atom is 0.323 e. The molecule has 106 valence electrons. The zero-order valence-corrected chi connectivity index (χ0v) is 12.4. The zero-order valence-electron chi connectivity index (χ0n) is 12.4. The fraction of sp³-hybridized carbons (Fsp3) is 0.929. The van der Waals surface area contributed by atoms with Crippen LogP contribution in [0.3, 0.4) is 0 Å². The summed E-state index contributed by atoms with van der Waals surface area (Å²) in [4.78, 5) is 13.9. The molecular weight excluding hydrogens is 228 g/mol. The van der Waals surface area contributed by atoms with Crippen LogP contribution in [0.25, 0.3) is 0 Å². The second-order valence-electron chi connectivity index (χ2n) is 6.09. The molecule has 1 aliphatic carbocycles. The second kappa shape index (κ2) is 5.57. The first-order valence-corrected chi connectivity index (χ1v) is 7.00. The highest BCUT2D eigenvalue weighted by atomic mass is 16.4. The van der Waals surface area contributed by atoms with E-state index in [-0.39, 0.29) is 5.54 Å². The molecule has 1 fully saturated rings. The summed E-state index contributed by atoms with van der Waals surface area (Å²) in [5, 5.41) is 12.7. The highest BCUT2D eigenvalue weighted by Gasteiger charge is 2.47. The lowest BCUT2D eigenvalue weighted by Crippen LogP contribution is -2.52. The lowest BCUT2D eigenvalue weighted by molar-refractivity contribution is -0.144. The minimum absolute atomic E-state index is 0.130. The molecular formula is C14H28N2O2. The van der Waals surface area contributed by atoms with E-state index in [1.54, 1.807) is 0 Å². The molecule has 0 amide bonds. The molecule has 0 spiro atoms. The van der Waals surface area contributed by atoms with Gasteiger partial charge in [-0.2, -0.15) is 0 Å². The van der Waals surface area contributed by atoms with Gasteiger partial charge in [0, 0.05) is 11.6 Å². The summed E-state index contributed by atoms with van der Waals surface area (Å²) < 4.78 is 0. The van der Waals surface area contributed by atoms with Gasteiger partial charge in [0.25, 0.3) is 0 Å². The first-order chi connectivity index (χ1) is 8.29. The number of likely N-dealkylation sites (N-methyl/N-ethyl adjacent to an activating group) is 1. The van der Waals surface area contributed by atoms with E-state index in [1.165, 1.54) is 0 Å². The van der Waals surface area contributed by atoms with Crippen LogP contribution in [-0.4, -0.2) is 46.7 Å². The molecule has 1 saturated carbocycles. The highest BCUT2D eigenvalue weighted by Crippen LogP contribution is 2.36. The van der Waals surface area contributed by atoms with Gasteiger partial charge >= 0.3 is 5.97 Å². The summed E-state index contributed by atoms with van der Waals surface area (Å²) in [5.41, 5.74) is -0.580. The molecule has 0 aliphatic heterocycles. The molecule has 0 aromatic carbocycles. The van der Waals surface area contributed by atoms with Gasteiger partial charge in [0.1, 0.15) is 5.54 Å². The van der Waals surface area contributed by atoms with Crippen molar-refractivity contribution in [3.8, 4) is 0 Å². The summed E-state index contributed by atoms with van der Waals surface area (Å²) in [6, 6.07) is 0.357. The maximum absolute atomic E-state index is 11.5. The van der Waals surface area contributed by atoms with E-state index in [2.05, 4.69) is 38.0 Å². The summed E-state index contributed by atoms with van der Waals surface area (Å²) in [6.07, 6.45) is 3.46.